The van der Waals surface area contributed by atoms with Gasteiger partial charge < -0.3 is 42.4 Å². The molecule has 0 heterocycles. The molecular formula is C13H30ClNO9. The lowest BCUT2D eigenvalue weighted by atomic mass is 10.5. The van der Waals surface area contributed by atoms with Crippen LogP contribution in [0.2, 0.25) is 0 Å². The first-order valence-electron chi connectivity index (χ1n) is 6.19. The van der Waals surface area contributed by atoms with Crippen molar-refractivity contribution in [2.45, 2.75) is 27.7 Å². The van der Waals surface area contributed by atoms with E-state index in [0.29, 0.717) is 0 Å². The highest BCUT2D eigenvalue weighted by Gasteiger charge is 2.02. The highest BCUT2D eigenvalue weighted by Crippen LogP contribution is 1.84. The monoisotopic (exact) mass is 379 g/mol. The molecule has 0 amide bonds. The van der Waals surface area contributed by atoms with Gasteiger partial charge in [-0.3, -0.25) is 19.2 Å². The number of carboxylic acid groups (broad SMARTS) is 4. The Morgan fingerprint density at radius 3 is 0.792 bits per heavy atom. The average molecular weight is 380 g/mol. The zero-order valence-corrected chi connectivity index (χ0v) is 15.9. The summed E-state index contributed by atoms with van der Waals surface area (Å²) >= 11 is 0. The normalized spacial score (nSPS) is 7.67. The molecule has 0 aromatic rings. The van der Waals surface area contributed by atoms with Crippen LogP contribution >= 0.6 is 0 Å². The summed E-state index contributed by atoms with van der Waals surface area (Å²) in [7, 11) is 6.16. The van der Waals surface area contributed by atoms with Crippen LogP contribution in [0.4, 0.5) is 0 Å². The number of rotatable bonds is 2. The molecular weight excluding hydrogens is 350 g/mol. The van der Waals surface area contributed by atoms with Gasteiger partial charge in [0.15, 0.2) is 0 Å². The SMILES string of the molecule is CC(=O)O.CC(=O)O.CC(=O)O.CC(=O)O.C[N+](C)(C)CCO.[Cl-]. The molecule has 0 saturated carbocycles. The minimum Gasteiger partial charge on any atom is -1.00 e. The molecule has 0 aromatic heterocycles. The Hall–Kier alpha value is -1.91. The summed E-state index contributed by atoms with van der Waals surface area (Å²) in [5, 5.41) is 38.1. The van der Waals surface area contributed by atoms with Crippen LogP contribution in [0.1, 0.15) is 27.7 Å². The molecule has 148 valence electrons. The average Bonchev–Trinajstić information content (AvgIpc) is 2.09. The second-order valence-electron chi connectivity index (χ2n) is 4.81. The quantitative estimate of drug-likeness (QED) is 0.315. The van der Waals surface area contributed by atoms with Gasteiger partial charge in [-0.2, -0.15) is 0 Å². The fourth-order valence-corrected chi connectivity index (χ4v) is 0.300. The van der Waals surface area contributed by atoms with Crippen LogP contribution < -0.4 is 12.4 Å². The molecule has 0 saturated heterocycles. The van der Waals surface area contributed by atoms with Crippen molar-refractivity contribution in [2.24, 2.45) is 0 Å². The lowest BCUT2D eigenvalue weighted by molar-refractivity contribution is -0.870. The number of aliphatic carboxylic acids is 4. The third-order valence-electron chi connectivity index (χ3n) is 0.771. The molecule has 0 aliphatic heterocycles. The van der Waals surface area contributed by atoms with Crippen LogP contribution in [0.5, 0.6) is 0 Å². The summed E-state index contributed by atoms with van der Waals surface area (Å²) in [6, 6.07) is 0. The molecule has 11 heteroatoms. The van der Waals surface area contributed by atoms with Crippen molar-refractivity contribution in [3.63, 3.8) is 0 Å². The predicted octanol–water partition coefficient (Wildman–Crippen LogP) is -2.95. The maximum Gasteiger partial charge on any atom is 0.300 e. The maximum atomic E-state index is 9.00. The fourth-order valence-electron chi connectivity index (χ4n) is 0.300. The van der Waals surface area contributed by atoms with Crippen LogP contribution in [0, 0.1) is 0 Å². The molecule has 0 radical (unpaired) electrons. The molecule has 0 spiro atoms. The molecule has 5 N–H and O–H groups in total. The summed E-state index contributed by atoms with van der Waals surface area (Å²) in [5.41, 5.74) is 0. The first kappa shape index (κ1) is 38.0. The number of carbonyl (C=O) groups is 4. The fraction of sp³-hybridized carbons (Fsp3) is 0.692. The van der Waals surface area contributed by atoms with E-state index in [4.69, 9.17) is 44.7 Å². The second-order valence-corrected chi connectivity index (χ2v) is 4.81. The molecule has 0 bridgehead atoms. The standard InChI is InChI=1S/C5H14NO.4C2H4O2.ClH/c1-6(2,3)4-5-7;4*1-2(3)4;/h7H,4-5H2,1-3H3;4*1H3,(H,3,4);1H/q+1;;;;;/p-1. The minimum absolute atomic E-state index is 0. The van der Waals surface area contributed by atoms with E-state index >= 15 is 0 Å². The van der Waals surface area contributed by atoms with E-state index in [1.54, 1.807) is 0 Å². The van der Waals surface area contributed by atoms with Crippen LogP contribution in [-0.4, -0.2) is 88.2 Å². The van der Waals surface area contributed by atoms with Gasteiger partial charge in [-0.1, -0.05) is 0 Å². The van der Waals surface area contributed by atoms with Crippen molar-refractivity contribution in [1.29, 1.82) is 0 Å². The number of likely N-dealkylation sites (N-methyl/N-ethyl adjacent to an activating group) is 1. The van der Waals surface area contributed by atoms with Crippen molar-refractivity contribution in [3.8, 4) is 0 Å². The van der Waals surface area contributed by atoms with E-state index in [1.807, 2.05) is 0 Å². The third kappa shape index (κ3) is 1680. The minimum atomic E-state index is -0.833. The molecule has 24 heavy (non-hydrogen) atoms. The van der Waals surface area contributed by atoms with Crippen LogP contribution in [-0.2, 0) is 19.2 Å². The first-order valence-corrected chi connectivity index (χ1v) is 6.19. The van der Waals surface area contributed by atoms with Gasteiger partial charge in [0.2, 0.25) is 0 Å². The van der Waals surface area contributed by atoms with Crippen LogP contribution in [0.25, 0.3) is 0 Å². The number of aliphatic hydroxyl groups excluding tert-OH is 1. The number of aliphatic hydroxyl groups is 1. The van der Waals surface area contributed by atoms with E-state index in [2.05, 4.69) is 21.1 Å². The molecule has 10 nitrogen and oxygen atoms in total. The zero-order chi connectivity index (χ0) is 20.2. The summed E-state index contributed by atoms with van der Waals surface area (Å²) in [5.74, 6) is -3.33. The number of carboxylic acids is 4. The van der Waals surface area contributed by atoms with Crippen LogP contribution in [0.15, 0.2) is 0 Å². The summed E-state index contributed by atoms with van der Waals surface area (Å²) in [4.78, 5) is 36.0. The Labute approximate surface area is 148 Å². The van der Waals surface area contributed by atoms with E-state index in [9.17, 15) is 0 Å². The summed E-state index contributed by atoms with van der Waals surface area (Å²) < 4.78 is 0.844. The zero-order valence-electron chi connectivity index (χ0n) is 15.1. The number of hydrogen-bond donors (Lipinski definition) is 5. The lowest BCUT2D eigenvalue weighted by Gasteiger charge is -2.21. The predicted molar refractivity (Wildman–Crippen MR) is 83.2 cm³/mol. The summed E-state index contributed by atoms with van der Waals surface area (Å²) in [6.07, 6.45) is 0. The number of nitrogens with zero attached hydrogens (tertiary/aromatic N) is 1. The van der Waals surface area contributed by atoms with E-state index in [1.165, 1.54) is 0 Å². The maximum absolute atomic E-state index is 9.00. The van der Waals surface area contributed by atoms with Crippen molar-refractivity contribution < 1.29 is 61.6 Å². The van der Waals surface area contributed by atoms with Gasteiger partial charge in [-0.05, 0) is 0 Å². The molecule has 0 aromatic carbocycles. The number of halogens is 1. The summed E-state index contributed by atoms with van der Waals surface area (Å²) in [6.45, 7) is 5.45. The molecule has 0 unspecified atom stereocenters. The Morgan fingerprint density at radius 2 is 0.792 bits per heavy atom. The smallest absolute Gasteiger partial charge is 0.300 e. The molecule has 0 aliphatic carbocycles. The highest BCUT2D eigenvalue weighted by molar-refractivity contribution is 5.63. The van der Waals surface area contributed by atoms with Gasteiger partial charge in [0.1, 0.15) is 6.54 Å². The van der Waals surface area contributed by atoms with Crippen molar-refractivity contribution in [1.82, 2.24) is 0 Å². The van der Waals surface area contributed by atoms with Gasteiger partial charge in [-0.15, -0.1) is 0 Å². The Kier molecular flexibility index (Phi) is 41.1. The van der Waals surface area contributed by atoms with Crippen LogP contribution in [0.3, 0.4) is 0 Å². The number of hydrogen-bond acceptors (Lipinski definition) is 5. The van der Waals surface area contributed by atoms with Crippen molar-refractivity contribution in [2.75, 3.05) is 34.3 Å². The lowest BCUT2D eigenvalue weighted by Crippen LogP contribution is -3.00. The van der Waals surface area contributed by atoms with Gasteiger partial charge >= 0.3 is 0 Å². The second kappa shape index (κ2) is 26.0. The Bertz CT molecular complexity index is 264. The number of quaternary nitrogens is 1. The van der Waals surface area contributed by atoms with Crippen molar-refractivity contribution in [3.05, 3.63) is 0 Å². The third-order valence-corrected chi connectivity index (χ3v) is 0.771. The van der Waals surface area contributed by atoms with E-state index in [-0.39, 0.29) is 19.0 Å². The van der Waals surface area contributed by atoms with E-state index in [0.717, 1.165) is 38.7 Å². The van der Waals surface area contributed by atoms with E-state index < -0.39 is 23.9 Å². The largest absolute Gasteiger partial charge is 1.00 e. The van der Waals surface area contributed by atoms with Gasteiger partial charge in [0, 0.05) is 27.7 Å². The Morgan fingerprint density at radius 1 is 0.667 bits per heavy atom. The van der Waals surface area contributed by atoms with Gasteiger partial charge in [0.25, 0.3) is 23.9 Å². The first-order chi connectivity index (χ1) is 9.99. The highest BCUT2D eigenvalue weighted by atomic mass is 35.5. The molecule has 0 aliphatic rings. The van der Waals surface area contributed by atoms with Gasteiger partial charge in [-0.25, -0.2) is 0 Å². The molecule has 0 atom stereocenters. The molecule has 0 fully saturated rings. The topological polar surface area (TPSA) is 169 Å². The Balaban J connectivity index is -0.0000000429. The van der Waals surface area contributed by atoms with Gasteiger partial charge in [0.05, 0.1) is 27.7 Å². The molecule has 0 rings (SSSR count). The van der Waals surface area contributed by atoms with Crippen molar-refractivity contribution >= 4 is 23.9 Å².